The third kappa shape index (κ3) is 5.71. The van der Waals surface area contributed by atoms with Crippen molar-refractivity contribution >= 4 is 6.08 Å². The Morgan fingerprint density at radius 2 is 1.78 bits per heavy atom. The minimum absolute atomic E-state index is 0.233. The van der Waals surface area contributed by atoms with E-state index in [-0.39, 0.29) is 5.75 Å². The number of methoxy groups -OCH3 is 1. The second-order valence-corrected chi connectivity index (χ2v) is 6.69. The maximum absolute atomic E-state index is 10.6. The molecule has 0 aliphatic rings. The number of para-hydroxylation sites is 1. The van der Waals surface area contributed by atoms with E-state index in [1.54, 1.807) is 49.6 Å². The van der Waals surface area contributed by atoms with Crippen molar-refractivity contribution in [2.75, 3.05) is 7.11 Å². The minimum atomic E-state index is -0.842. The Morgan fingerprint density at radius 1 is 1.11 bits per heavy atom. The topological polar surface area (TPSA) is 69.9 Å². The van der Waals surface area contributed by atoms with Crippen LogP contribution in [0.25, 0.3) is 6.08 Å². The normalized spacial score (nSPS) is 15.0. The average Bonchev–Trinajstić information content (AvgIpc) is 2.68. The number of rotatable bonds is 9. The highest BCUT2D eigenvalue weighted by molar-refractivity contribution is 5.58. The predicted molar refractivity (Wildman–Crippen MR) is 109 cm³/mol. The largest absolute Gasteiger partial charge is 0.507 e. The van der Waals surface area contributed by atoms with Crippen LogP contribution in [0.3, 0.4) is 0 Å². The fourth-order valence-corrected chi connectivity index (χ4v) is 3.03. The van der Waals surface area contributed by atoms with Crippen LogP contribution in [0, 0.1) is 5.92 Å². The molecule has 0 aliphatic carbocycles. The van der Waals surface area contributed by atoms with Crippen molar-refractivity contribution in [3.8, 4) is 11.5 Å². The van der Waals surface area contributed by atoms with Crippen molar-refractivity contribution < 1.29 is 20.1 Å². The fourth-order valence-electron chi connectivity index (χ4n) is 3.03. The van der Waals surface area contributed by atoms with Crippen molar-refractivity contribution in [3.05, 3.63) is 77.9 Å². The summed E-state index contributed by atoms with van der Waals surface area (Å²) in [5.74, 6) is 0.471. The van der Waals surface area contributed by atoms with Crippen LogP contribution in [-0.2, 0) is 0 Å². The van der Waals surface area contributed by atoms with Crippen LogP contribution in [0.4, 0.5) is 0 Å². The number of hydrogen-bond donors (Lipinski definition) is 3. The highest BCUT2D eigenvalue weighted by Crippen LogP contribution is 2.30. The number of phenolic OH excluding ortho intramolecular Hbond substituents is 1. The lowest BCUT2D eigenvalue weighted by Gasteiger charge is -2.25. The van der Waals surface area contributed by atoms with Crippen molar-refractivity contribution in [1.29, 1.82) is 0 Å². The highest BCUT2D eigenvalue weighted by Gasteiger charge is 2.25. The number of aliphatic hydroxyl groups excluding tert-OH is 2. The van der Waals surface area contributed by atoms with Crippen LogP contribution in [-0.4, -0.2) is 28.5 Å². The van der Waals surface area contributed by atoms with Gasteiger partial charge in [0.25, 0.3) is 0 Å². The van der Waals surface area contributed by atoms with Gasteiger partial charge in [-0.3, -0.25) is 0 Å². The summed E-state index contributed by atoms with van der Waals surface area (Å²) in [4.78, 5) is 0. The van der Waals surface area contributed by atoms with Gasteiger partial charge in [-0.2, -0.15) is 0 Å². The summed E-state index contributed by atoms with van der Waals surface area (Å²) in [6.45, 7) is 5.74. The molecule has 0 heterocycles. The molecule has 27 heavy (non-hydrogen) atoms. The van der Waals surface area contributed by atoms with E-state index in [1.165, 1.54) is 0 Å². The van der Waals surface area contributed by atoms with Crippen molar-refractivity contribution in [2.45, 2.75) is 32.0 Å². The molecular formula is C23H28O4. The number of ether oxygens (including phenoxy) is 1. The van der Waals surface area contributed by atoms with E-state index in [0.29, 0.717) is 24.2 Å². The first-order valence-corrected chi connectivity index (χ1v) is 9.04. The van der Waals surface area contributed by atoms with E-state index >= 15 is 0 Å². The molecule has 0 amide bonds. The molecule has 2 aromatic carbocycles. The summed E-state index contributed by atoms with van der Waals surface area (Å²) in [6, 6.07) is 14.3. The van der Waals surface area contributed by atoms with Gasteiger partial charge in [-0.1, -0.05) is 48.1 Å². The third-order valence-corrected chi connectivity index (χ3v) is 4.71. The quantitative estimate of drug-likeness (QED) is 0.571. The first-order chi connectivity index (χ1) is 13.0. The standard InChI is InChI=1S/C23H28O4/c1-4-20(23(26)17-10-12-19(27-3)13-11-17)22(25)14-9-16(2)15-18-7-5-6-8-21(18)24/h4-8,10-13,15,20,22-26H,1,9,14H2,2-3H3/b16-15+/t20-,22-,23-/m1/s1. The van der Waals surface area contributed by atoms with Gasteiger partial charge in [-0.15, -0.1) is 6.58 Å². The van der Waals surface area contributed by atoms with Crippen molar-refractivity contribution in [3.63, 3.8) is 0 Å². The molecule has 0 saturated carbocycles. The molecule has 4 nitrogen and oxygen atoms in total. The number of allylic oxidation sites excluding steroid dienone is 1. The van der Waals surface area contributed by atoms with Crippen molar-refractivity contribution in [1.82, 2.24) is 0 Å². The molecule has 0 saturated heterocycles. The second-order valence-electron chi connectivity index (χ2n) is 6.69. The Labute approximate surface area is 161 Å². The predicted octanol–water partition coefficient (Wildman–Crippen LogP) is 4.48. The minimum Gasteiger partial charge on any atom is -0.507 e. The number of aromatic hydroxyl groups is 1. The second kappa shape index (κ2) is 9.95. The van der Waals surface area contributed by atoms with Gasteiger partial charge in [0, 0.05) is 11.5 Å². The molecule has 3 atom stereocenters. The Balaban J connectivity index is 2.00. The molecule has 0 radical (unpaired) electrons. The van der Waals surface area contributed by atoms with Crippen LogP contribution >= 0.6 is 0 Å². The fraction of sp³-hybridized carbons (Fsp3) is 0.304. The first-order valence-electron chi connectivity index (χ1n) is 9.04. The summed E-state index contributed by atoms with van der Waals surface area (Å²) in [5.41, 5.74) is 2.50. The Hall–Kier alpha value is -2.56. The van der Waals surface area contributed by atoms with Gasteiger partial charge in [0.1, 0.15) is 11.5 Å². The van der Waals surface area contributed by atoms with Gasteiger partial charge < -0.3 is 20.1 Å². The molecule has 4 heteroatoms. The van der Waals surface area contributed by atoms with Gasteiger partial charge in [0.15, 0.2) is 0 Å². The van der Waals surface area contributed by atoms with Crippen LogP contribution in [0.2, 0.25) is 0 Å². The molecule has 0 spiro atoms. The summed E-state index contributed by atoms with van der Waals surface area (Å²) in [5, 5.41) is 31.1. The molecule has 3 N–H and O–H groups in total. The first kappa shape index (κ1) is 20.7. The van der Waals surface area contributed by atoms with Crippen LogP contribution in [0.5, 0.6) is 11.5 Å². The molecule has 0 aromatic heterocycles. The highest BCUT2D eigenvalue weighted by atomic mass is 16.5. The molecule has 144 valence electrons. The molecule has 0 unspecified atom stereocenters. The summed E-state index contributed by atoms with van der Waals surface area (Å²) in [7, 11) is 1.59. The zero-order valence-corrected chi connectivity index (χ0v) is 15.9. The third-order valence-electron chi connectivity index (χ3n) is 4.71. The zero-order chi connectivity index (χ0) is 19.8. The average molecular weight is 368 g/mol. The van der Waals surface area contributed by atoms with Gasteiger partial charge in [0.2, 0.25) is 0 Å². The van der Waals surface area contributed by atoms with Crippen LogP contribution in [0.1, 0.15) is 37.0 Å². The number of aliphatic hydroxyl groups is 2. The Morgan fingerprint density at radius 3 is 2.37 bits per heavy atom. The van der Waals surface area contributed by atoms with Crippen LogP contribution in [0.15, 0.2) is 66.8 Å². The number of hydrogen-bond acceptors (Lipinski definition) is 4. The molecule has 0 fully saturated rings. The Kier molecular flexibility index (Phi) is 7.65. The van der Waals surface area contributed by atoms with E-state index in [9.17, 15) is 15.3 Å². The SMILES string of the molecule is C=C[C@H]([C@H](O)CC/C(C)=C/c1ccccc1O)[C@H](O)c1ccc(OC)cc1. The Bertz CT molecular complexity index is 764. The van der Waals surface area contributed by atoms with E-state index in [0.717, 1.165) is 11.1 Å². The summed E-state index contributed by atoms with van der Waals surface area (Å²) >= 11 is 0. The molecular weight excluding hydrogens is 340 g/mol. The molecule has 0 bridgehead atoms. The smallest absolute Gasteiger partial charge is 0.122 e. The van der Waals surface area contributed by atoms with E-state index in [2.05, 4.69) is 6.58 Å². The lowest BCUT2D eigenvalue weighted by atomic mass is 9.88. The summed E-state index contributed by atoms with van der Waals surface area (Å²) in [6.07, 6.45) is 3.07. The maximum Gasteiger partial charge on any atom is 0.122 e. The number of benzene rings is 2. The molecule has 2 aromatic rings. The van der Waals surface area contributed by atoms with Crippen LogP contribution < -0.4 is 4.74 Å². The van der Waals surface area contributed by atoms with E-state index in [4.69, 9.17) is 4.74 Å². The number of phenols is 1. The van der Waals surface area contributed by atoms with Gasteiger partial charge in [-0.05, 0) is 43.5 Å². The molecule has 2 rings (SSSR count). The monoisotopic (exact) mass is 368 g/mol. The van der Waals surface area contributed by atoms with E-state index < -0.39 is 18.1 Å². The summed E-state index contributed by atoms with van der Waals surface area (Å²) < 4.78 is 5.13. The van der Waals surface area contributed by atoms with Gasteiger partial charge >= 0.3 is 0 Å². The van der Waals surface area contributed by atoms with Gasteiger partial charge in [-0.25, -0.2) is 0 Å². The lowest BCUT2D eigenvalue weighted by molar-refractivity contribution is 0.0319. The lowest BCUT2D eigenvalue weighted by Crippen LogP contribution is -2.25. The maximum atomic E-state index is 10.6. The zero-order valence-electron chi connectivity index (χ0n) is 15.9. The molecule has 0 aliphatic heterocycles. The van der Waals surface area contributed by atoms with Crippen molar-refractivity contribution in [2.24, 2.45) is 5.92 Å². The van der Waals surface area contributed by atoms with Gasteiger partial charge in [0.05, 0.1) is 19.3 Å². The van der Waals surface area contributed by atoms with E-state index in [1.807, 2.05) is 25.1 Å².